The number of hydrogen-bond donors (Lipinski definition) is 1. The highest BCUT2D eigenvalue weighted by atomic mass is 16.5. The molecule has 0 atom stereocenters. The zero-order valence-electron chi connectivity index (χ0n) is 9.91. The van der Waals surface area contributed by atoms with Crippen LogP contribution in [0.15, 0.2) is 30.5 Å². The monoisotopic (exact) mass is 247 g/mol. The smallest absolute Gasteiger partial charge is 0.307 e. The van der Waals surface area contributed by atoms with Gasteiger partial charge in [-0.25, -0.2) is 0 Å². The van der Waals surface area contributed by atoms with Crippen LogP contribution < -0.4 is 4.74 Å². The lowest BCUT2D eigenvalue weighted by Crippen LogP contribution is -2.00. The van der Waals surface area contributed by atoms with Crippen LogP contribution in [0.5, 0.6) is 5.75 Å². The number of carboxylic acid groups (broad SMARTS) is 1. The van der Waals surface area contributed by atoms with Crippen LogP contribution in [0, 0.1) is 0 Å². The second kappa shape index (κ2) is 5.31. The molecule has 1 heterocycles. The van der Waals surface area contributed by atoms with E-state index in [4.69, 9.17) is 9.84 Å². The summed E-state index contributed by atoms with van der Waals surface area (Å²) in [4.78, 5) is 10.5. The average molecular weight is 247 g/mol. The molecular formula is C12H13N3O3. The lowest BCUT2D eigenvalue weighted by Gasteiger charge is -2.04. The van der Waals surface area contributed by atoms with Crippen molar-refractivity contribution in [3.8, 4) is 5.75 Å². The van der Waals surface area contributed by atoms with Crippen molar-refractivity contribution in [1.29, 1.82) is 0 Å². The molecule has 18 heavy (non-hydrogen) atoms. The van der Waals surface area contributed by atoms with E-state index in [0.717, 1.165) is 11.3 Å². The average Bonchev–Trinajstić information content (AvgIpc) is 2.74. The van der Waals surface area contributed by atoms with Gasteiger partial charge in [-0.3, -0.25) is 9.48 Å². The number of hydrogen-bond acceptors (Lipinski definition) is 4. The highest BCUT2D eigenvalue weighted by Gasteiger charge is 2.02. The molecule has 94 valence electrons. The van der Waals surface area contributed by atoms with Gasteiger partial charge in [0.1, 0.15) is 18.1 Å². The maximum absolute atomic E-state index is 10.5. The summed E-state index contributed by atoms with van der Waals surface area (Å²) >= 11 is 0. The molecule has 1 aromatic heterocycles. The molecule has 0 bridgehead atoms. The first-order valence-corrected chi connectivity index (χ1v) is 5.42. The Bertz CT molecular complexity index is 534. The van der Waals surface area contributed by atoms with Crippen molar-refractivity contribution < 1.29 is 14.6 Å². The lowest BCUT2D eigenvalue weighted by molar-refractivity contribution is -0.136. The number of benzene rings is 1. The Balaban J connectivity index is 1.92. The molecule has 2 aromatic rings. The molecule has 0 unspecified atom stereocenters. The van der Waals surface area contributed by atoms with Gasteiger partial charge in [0.2, 0.25) is 0 Å². The predicted octanol–water partition coefficient (Wildman–Crippen LogP) is 1.02. The van der Waals surface area contributed by atoms with Crippen LogP contribution in [0.4, 0.5) is 0 Å². The Hall–Kier alpha value is -2.37. The minimum Gasteiger partial charge on any atom is -0.487 e. The predicted molar refractivity (Wildman–Crippen MR) is 63.1 cm³/mol. The molecule has 1 N–H and O–H groups in total. The molecule has 1 aromatic carbocycles. The van der Waals surface area contributed by atoms with E-state index in [0.29, 0.717) is 12.4 Å². The summed E-state index contributed by atoms with van der Waals surface area (Å²) in [6.45, 7) is 0.339. The van der Waals surface area contributed by atoms with Gasteiger partial charge in [0.15, 0.2) is 0 Å². The van der Waals surface area contributed by atoms with E-state index >= 15 is 0 Å². The zero-order valence-corrected chi connectivity index (χ0v) is 9.91. The molecular weight excluding hydrogens is 234 g/mol. The van der Waals surface area contributed by atoms with E-state index in [1.165, 1.54) is 0 Å². The molecule has 0 aliphatic heterocycles. The Morgan fingerprint density at radius 2 is 2.11 bits per heavy atom. The molecule has 0 amide bonds. The second-order valence-corrected chi connectivity index (χ2v) is 3.89. The summed E-state index contributed by atoms with van der Waals surface area (Å²) in [5.74, 6) is -0.168. The summed E-state index contributed by atoms with van der Waals surface area (Å²) < 4.78 is 7.11. The van der Waals surface area contributed by atoms with Crippen LogP contribution in [0.2, 0.25) is 0 Å². The second-order valence-electron chi connectivity index (χ2n) is 3.89. The third-order valence-corrected chi connectivity index (χ3v) is 2.32. The summed E-state index contributed by atoms with van der Waals surface area (Å²) in [6, 6.07) is 6.96. The fourth-order valence-corrected chi connectivity index (χ4v) is 1.50. The highest BCUT2D eigenvalue weighted by molar-refractivity contribution is 5.70. The largest absolute Gasteiger partial charge is 0.487 e. The quantitative estimate of drug-likeness (QED) is 0.853. The number of aryl methyl sites for hydroxylation is 1. The Labute approximate surface area is 104 Å². The first-order chi connectivity index (χ1) is 8.63. The van der Waals surface area contributed by atoms with Crippen molar-refractivity contribution in [2.45, 2.75) is 13.0 Å². The van der Waals surface area contributed by atoms with E-state index in [2.05, 4.69) is 10.3 Å². The number of aliphatic carboxylic acids is 1. The van der Waals surface area contributed by atoms with Crippen molar-refractivity contribution in [3.05, 3.63) is 41.7 Å². The van der Waals surface area contributed by atoms with E-state index in [1.54, 1.807) is 42.2 Å². The molecule has 0 saturated carbocycles. The minimum absolute atomic E-state index is 0.0183. The first-order valence-electron chi connectivity index (χ1n) is 5.42. The van der Waals surface area contributed by atoms with Crippen molar-refractivity contribution >= 4 is 5.97 Å². The van der Waals surface area contributed by atoms with E-state index in [9.17, 15) is 4.79 Å². The first kappa shape index (κ1) is 12.1. The van der Waals surface area contributed by atoms with Gasteiger partial charge >= 0.3 is 5.97 Å². The van der Waals surface area contributed by atoms with Crippen LogP contribution in [0.3, 0.4) is 0 Å². The van der Waals surface area contributed by atoms with Gasteiger partial charge in [0.25, 0.3) is 0 Å². The van der Waals surface area contributed by atoms with E-state index in [-0.39, 0.29) is 6.42 Å². The van der Waals surface area contributed by atoms with Crippen molar-refractivity contribution in [3.63, 3.8) is 0 Å². The fourth-order valence-electron chi connectivity index (χ4n) is 1.50. The Morgan fingerprint density at radius 3 is 2.67 bits per heavy atom. The highest BCUT2D eigenvalue weighted by Crippen LogP contribution is 2.13. The van der Waals surface area contributed by atoms with Crippen molar-refractivity contribution in [2.24, 2.45) is 7.05 Å². The van der Waals surface area contributed by atoms with Crippen LogP contribution in [0.1, 0.15) is 11.3 Å². The van der Waals surface area contributed by atoms with Gasteiger partial charge in [-0.15, -0.1) is 5.10 Å². The maximum atomic E-state index is 10.5. The van der Waals surface area contributed by atoms with Gasteiger partial charge in [-0.2, -0.15) is 0 Å². The van der Waals surface area contributed by atoms with Crippen LogP contribution >= 0.6 is 0 Å². The third kappa shape index (κ3) is 3.31. The molecule has 2 rings (SSSR count). The molecule has 0 aliphatic rings. The lowest BCUT2D eigenvalue weighted by atomic mass is 10.1. The molecule has 0 saturated heterocycles. The summed E-state index contributed by atoms with van der Waals surface area (Å²) in [6.07, 6.45) is 1.79. The number of ether oxygens (including phenoxy) is 1. The third-order valence-electron chi connectivity index (χ3n) is 2.32. The maximum Gasteiger partial charge on any atom is 0.307 e. The van der Waals surface area contributed by atoms with Gasteiger partial charge in [0.05, 0.1) is 12.6 Å². The Morgan fingerprint density at radius 1 is 1.39 bits per heavy atom. The summed E-state index contributed by atoms with van der Waals surface area (Å²) in [5, 5.41) is 16.3. The fraction of sp³-hybridized carbons (Fsp3) is 0.250. The topological polar surface area (TPSA) is 77.2 Å². The van der Waals surface area contributed by atoms with E-state index < -0.39 is 5.97 Å². The van der Waals surface area contributed by atoms with Gasteiger partial charge in [-0.1, -0.05) is 17.3 Å². The van der Waals surface area contributed by atoms with Crippen molar-refractivity contribution in [1.82, 2.24) is 15.0 Å². The number of carboxylic acids is 1. The molecule has 6 nitrogen and oxygen atoms in total. The Kier molecular flexibility index (Phi) is 3.57. The number of nitrogens with zero attached hydrogens (tertiary/aromatic N) is 3. The normalized spacial score (nSPS) is 10.3. The van der Waals surface area contributed by atoms with Gasteiger partial charge in [0, 0.05) is 7.05 Å². The standard InChI is InChI=1S/C12H13N3O3/c1-15-7-10(13-14-15)8-18-11-4-2-9(3-5-11)6-12(16)17/h2-5,7H,6,8H2,1H3,(H,16,17). The molecule has 6 heteroatoms. The van der Waals surface area contributed by atoms with Gasteiger partial charge < -0.3 is 9.84 Å². The van der Waals surface area contributed by atoms with Gasteiger partial charge in [-0.05, 0) is 17.7 Å². The number of aromatic nitrogens is 3. The van der Waals surface area contributed by atoms with Crippen LogP contribution in [-0.2, 0) is 24.9 Å². The van der Waals surface area contributed by atoms with Crippen molar-refractivity contribution in [2.75, 3.05) is 0 Å². The minimum atomic E-state index is -0.844. The van der Waals surface area contributed by atoms with Crippen LogP contribution in [-0.4, -0.2) is 26.1 Å². The summed E-state index contributed by atoms with van der Waals surface area (Å²) in [5.41, 5.74) is 1.49. The molecule has 0 radical (unpaired) electrons. The molecule has 0 spiro atoms. The van der Waals surface area contributed by atoms with Crippen LogP contribution in [0.25, 0.3) is 0 Å². The van der Waals surface area contributed by atoms with E-state index in [1.807, 2.05) is 0 Å². The number of rotatable bonds is 5. The number of carbonyl (C=O) groups is 1. The zero-order chi connectivity index (χ0) is 13.0. The molecule has 0 fully saturated rings. The SMILES string of the molecule is Cn1cc(COc2ccc(CC(=O)O)cc2)nn1. The summed E-state index contributed by atoms with van der Waals surface area (Å²) in [7, 11) is 1.79. The molecule has 0 aliphatic carbocycles.